The Morgan fingerprint density at radius 1 is 0.857 bits per heavy atom. The first-order valence-electron chi connectivity index (χ1n) is 12.3. The molecule has 1 N–H and O–H groups in total. The second-order valence-corrected chi connectivity index (χ2v) is 9.22. The van der Waals surface area contributed by atoms with Crippen molar-refractivity contribution in [1.29, 1.82) is 0 Å². The molecule has 1 saturated heterocycles. The van der Waals surface area contributed by atoms with E-state index in [0.717, 1.165) is 38.0 Å². The van der Waals surface area contributed by atoms with Crippen molar-refractivity contribution in [2.24, 2.45) is 0 Å². The Labute approximate surface area is 208 Å². The third kappa shape index (κ3) is 7.36. The summed E-state index contributed by atoms with van der Waals surface area (Å²) in [6, 6.07) is 21.1. The standard InChI is InChI=1S/C29H36N2O4/c1-33-14-15-35-21-24-7-9-25-8-6-22(16-27(25)18-24)19-31-12-10-28(11-13-31)30-29(32)26-5-3-4-23(17-26)20-34-2/h3-9,16-18,28H,10-15,19-21H2,1-2H3,(H,30,32). The van der Waals surface area contributed by atoms with Crippen LogP contribution in [0.2, 0.25) is 0 Å². The summed E-state index contributed by atoms with van der Waals surface area (Å²) in [4.78, 5) is 15.2. The van der Waals surface area contributed by atoms with Gasteiger partial charge >= 0.3 is 0 Å². The highest BCUT2D eigenvalue weighted by molar-refractivity contribution is 5.94. The van der Waals surface area contributed by atoms with Gasteiger partial charge in [0.05, 0.1) is 26.4 Å². The van der Waals surface area contributed by atoms with Crippen molar-refractivity contribution in [2.45, 2.75) is 38.6 Å². The van der Waals surface area contributed by atoms with E-state index in [1.54, 1.807) is 14.2 Å². The molecule has 0 spiro atoms. The average molecular weight is 477 g/mol. The SMILES string of the molecule is COCCOCc1ccc2ccc(CN3CCC(NC(=O)c4cccc(COC)c4)CC3)cc2c1. The first kappa shape index (κ1) is 25.3. The number of carbonyl (C=O) groups is 1. The Hall–Kier alpha value is -2.77. The van der Waals surface area contributed by atoms with E-state index in [1.165, 1.54) is 21.9 Å². The molecule has 35 heavy (non-hydrogen) atoms. The normalized spacial score (nSPS) is 14.9. The summed E-state index contributed by atoms with van der Waals surface area (Å²) in [5.74, 6) is -0.00191. The van der Waals surface area contributed by atoms with Gasteiger partial charge in [0.25, 0.3) is 5.91 Å². The molecular weight excluding hydrogens is 440 g/mol. The number of hydrogen-bond acceptors (Lipinski definition) is 5. The molecule has 0 radical (unpaired) electrons. The Kier molecular flexibility index (Phi) is 9.26. The van der Waals surface area contributed by atoms with Crippen molar-refractivity contribution in [1.82, 2.24) is 10.2 Å². The summed E-state index contributed by atoms with van der Waals surface area (Å²) in [7, 11) is 3.35. The van der Waals surface area contributed by atoms with Crippen molar-refractivity contribution >= 4 is 16.7 Å². The fourth-order valence-corrected chi connectivity index (χ4v) is 4.60. The maximum absolute atomic E-state index is 12.7. The van der Waals surface area contributed by atoms with E-state index in [1.807, 2.05) is 24.3 Å². The third-order valence-electron chi connectivity index (χ3n) is 6.50. The van der Waals surface area contributed by atoms with Crippen LogP contribution in [0.25, 0.3) is 10.8 Å². The lowest BCUT2D eigenvalue weighted by Gasteiger charge is -2.32. The van der Waals surface area contributed by atoms with Gasteiger partial charge in [-0.3, -0.25) is 9.69 Å². The van der Waals surface area contributed by atoms with E-state index in [-0.39, 0.29) is 11.9 Å². The summed E-state index contributed by atoms with van der Waals surface area (Å²) in [5.41, 5.74) is 4.19. The molecular formula is C29H36N2O4. The van der Waals surface area contributed by atoms with Gasteiger partial charge in [-0.15, -0.1) is 0 Å². The number of rotatable bonds is 11. The molecule has 1 amide bonds. The summed E-state index contributed by atoms with van der Waals surface area (Å²) >= 11 is 0. The van der Waals surface area contributed by atoms with Gasteiger partial charge < -0.3 is 19.5 Å². The molecule has 0 saturated carbocycles. The molecule has 1 heterocycles. The number of likely N-dealkylation sites (tertiary alicyclic amines) is 1. The van der Waals surface area contributed by atoms with E-state index in [4.69, 9.17) is 14.2 Å². The molecule has 0 bridgehead atoms. The zero-order chi connectivity index (χ0) is 24.5. The molecule has 1 fully saturated rings. The number of piperidine rings is 1. The van der Waals surface area contributed by atoms with Gasteiger partial charge in [-0.1, -0.05) is 36.4 Å². The molecule has 3 aromatic carbocycles. The molecule has 186 valence electrons. The van der Waals surface area contributed by atoms with Crippen molar-refractivity contribution < 1.29 is 19.0 Å². The minimum Gasteiger partial charge on any atom is -0.382 e. The van der Waals surface area contributed by atoms with Crippen LogP contribution in [-0.2, 0) is 34.0 Å². The number of nitrogens with zero attached hydrogens (tertiary/aromatic N) is 1. The molecule has 0 atom stereocenters. The van der Waals surface area contributed by atoms with Crippen LogP contribution in [0.1, 0.15) is 39.9 Å². The molecule has 6 nitrogen and oxygen atoms in total. The monoisotopic (exact) mass is 476 g/mol. The first-order valence-corrected chi connectivity index (χ1v) is 12.3. The predicted octanol–water partition coefficient (Wildman–Crippen LogP) is 4.54. The second kappa shape index (κ2) is 12.8. The Morgan fingerprint density at radius 3 is 2.37 bits per heavy atom. The quantitative estimate of drug-likeness (QED) is 0.412. The zero-order valence-corrected chi connectivity index (χ0v) is 20.8. The minimum absolute atomic E-state index is 0.00191. The van der Waals surface area contributed by atoms with Crippen molar-refractivity contribution in [3.63, 3.8) is 0 Å². The Morgan fingerprint density at radius 2 is 1.60 bits per heavy atom. The molecule has 1 aliphatic rings. The second-order valence-electron chi connectivity index (χ2n) is 9.22. The average Bonchev–Trinajstić information content (AvgIpc) is 2.88. The molecule has 4 rings (SSSR count). The van der Waals surface area contributed by atoms with Gasteiger partial charge in [0.1, 0.15) is 0 Å². The zero-order valence-electron chi connectivity index (χ0n) is 20.8. The fourth-order valence-electron chi connectivity index (χ4n) is 4.60. The summed E-state index contributed by atoms with van der Waals surface area (Å²) < 4.78 is 15.9. The Balaban J connectivity index is 1.28. The lowest BCUT2D eigenvalue weighted by Crippen LogP contribution is -2.44. The van der Waals surface area contributed by atoms with Gasteiger partial charge in [0, 0.05) is 45.5 Å². The van der Waals surface area contributed by atoms with Gasteiger partial charge in [0.15, 0.2) is 0 Å². The number of hydrogen-bond donors (Lipinski definition) is 1. The van der Waals surface area contributed by atoms with Crippen LogP contribution in [0.4, 0.5) is 0 Å². The first-order chi connectivity index (χ1) is 17.1. The van der Waals surface area contributed by atoms with Gasteiger partial charge in [0.2, 0.25) is 0 Å². The highest BCUT2D eigenvalue weighted by Gasteiger charge is 2.21. The summed E-state index contributed by atoms with van der Waals surface area (Å²) in [6.07, 6.45) is 1.92. The molecule has 0 unspecified atom stereocenters. The number of ether oxygens (including phenoxy) is 3. The summed E-state index contributed by atoms with van der Waals surface area (Å²) in [5, 5.41) is 5.70. The molecule has 6 heteroatoms. The van der Waals surface area contributed by atoms with Crippen LogP contribution in [0.5, 0.6) is 0 Å². The number of benzene rings is 3. The highest BCUT2D eigenvalue weighted by Crippen LogP contribution is 2.21. The molecule has 1 aliphatic heterocycles. The smallest absolute Gasteiger partial charge is 0.251 e. The van der Waals surface area contributed by atoms with Crippen molar-refractivity contribution in [2.75, 3.05) is 40.5 Å². The minimum atomic E-state index is -0.00191. The van der Waals surface area contributed by atoms with E-state index >= 15 is 0 Å². The van der Waals surface area contributed by atoms with Gasteiger partial charge in [-0.05, 0) is 64.6 Å². The molecule has 0 aromatic heterocycles. The van der Waals surface area contributed by atoms with Gasteiger partial charge in [-0.2, -0.15) is 0 Å². The number of amides is 1. The topological polar surface area (TPSA) is 60.0 Å². The van der Waals surface area contributed by atoms with Crippen LogP contribution >= 0.6 is 0 Å². The van der Waals surface area contributed by atoms with E-state index in [9.17, 15) is 4.79 Å². The van der Waals surface area contributed by atoms with Crippen LogP contribution in [0, 0.1) is 0 Å². The Bertz CT molecular complexity index is 1110. The van der Waals surface area contributed by atoms with Crippen LogP contribution in [-0.4, -0.2) is 57.4 Å². The lowest BCUT2D eigenvalue weighted by molar-refractivity contribution is 0.0617. The lowest BCUT2D eigenvalue weighted by atomic mass is 10.0. The van der Waals surface area contributed by atoms with Crippen LogP contribution in [0.15, 0.2) is 60.7 Å². The van der Waals surface area contributed by atoms with Crippen molar-refractivity contribution in [3.05, 3.63) is 82.9 Å². The highest BCUT2D eigenvalue weighted by atomic mass is 16.5. The third-order valence-corrected chi connectivity index (χ3v) is 6.50. The number of nitrogens with one attached hydrogen (secondary N) is 1. The maximum atomic E-state index is 12.7. The van der Waals surface area contributed by atoms with E-state index < -0.39 is 0 Å². The molecule has 3 aromatic rings. The van der Waals surface area contributed by atoms with E-state index in [2.05, 4.69) is 46.6 Å². The number of carbonyl (C=O) groups excluding carboxylic acids is 1. The fraction of sp³-hybridized carbons (Fsp3) is 0.414. The van der Waals surface area contributed by atoms with Crippen LogP contribution < -0.4 is 5.32 Å². The number of methoxy groups -OCH3 is 2. The number of fused-ring (bicyclic) bond motifs is 1. The van der Waals surface area contributed by atoms with Gasteiger partial charge in [-0.25, -0.2) is 0 Å². The van der Waals surface area contributed by atoms with Crippen LogP contribution in [0.3, 0.4) is 0 Å². The van der Waals surface area contributed by atoms with Crippen molar-refractivity contribution in [3.8, 4) is 0 Å². The van der Waals surface area contributed by atoms with E-state index in [0.29, 0.717) is 32.0 Å². The summed E-state index contributed by atoms with van der Waals surface area (Å²) in [6.45, 7) is 5.19. The predicted molar refractivity (Wildman–Crippen MR) is 138 cm³/mol. The molecule has 0 aliphatic carbocycles. The largest absolute Gasteiger partial charge is 0.382 e. The maximum Gasteiger partial charge on any atom is 0.251 e.